The minimum atomic E-state index is 0.547. The highest BCUT2D eigenvalue weighted by molar-refractivity contribution is 7.10. The molecule has 1 fully saturated rings. The first kappa shape index (κ1) is 15.6. The highest BCUT2D eigenvalue weighted by Gasteiger charge is 2.28. The highest BCUT2D eigenvalue weighted by atomic mass is 35.5. The molecule has 0 saturated heterocycles. The molecular formula is C20H13ClN4S. The Balaban J connectivity index is 1.67. The second-order valence-electron chi connectivity index (χ2n) is 6.23. The SMILES string of the molecule is Clc1ccc(-c2cc(C3CC3)n3ncc(C#Cc4nccs4)c3n2)cc1. The van der Waals surface area contributed by atoms with Crippen LogP contribution in [0.15, 0.2) is 48.1 Å². The molecule has 126 valence electrons. The first-order chi connectivity index (χ1) is 12.8. The number of thiazole rings is 1. The second-order valence-corrected chi connectivity index (χ2v) is 7.56. The van der Waals surface area contributed by atoms with Gasteiger partial charge in [0.25, 0.3) is 0 Å². The molecule has 4 aromatic rings. The summed E-state index contributed by atoms with van der Waals surface area (Å²) in [5.74, 6) is 6.82. The van der Waals surface area contributed by atoms with Crippen molar-refractivity contribution in [1.82, 2.24) is 19.6 Å². The molecule has 0 radical (unpaired) electrons. The van der Waals surface area contributed by atoms with Crippen molar-refractivity contribution in [3.8, 4) is 23.1 Å². The molecule has 1 aliphatic carbocycles. The van der Waals surface area contributed by atoms with Gasteiger partial charge in [0, 0.05) is 33.8 Å². The predicted molar refractivity (Wildman–Crippen MR) is 104 cm³/mol. The van der Waals surface area contributed by atoms with Gasteiger partial charge in [0.15, 0.2) is 10.7 Å². The topological polar surface area (TPSA) is 43.1 Å². The van der Waals surface area contributed by atoms with Crippen molar-refractivity contribution in [1.29, 1.82) is 0 Å². The number of fused-ring (bicyclic) bond motifs is 1. The van der Waals surface area contributed by atoms with Crippen LogP contribution in [0.25, 0.3) is 16.9 Å². The number of hydrogen-bond donors (Lipinski definition) is 0. The van der Waals surface area contributed by atoms with E-state index in [0.717, 1.165) is 32.5 Å². The molecule has 26 heavy (non-hydrogen) atoms. The van der Waals surface area contributed by atoms with E-state index in [1.54, 1.807) is 12.4 Å². The first-order valence-electron chi connectivity index (χ1n) is 8.34. The zero-order valence-electron chi connectivity index (χ0n) is 13.7. The van der Waals surface area contributed by atoms with Crippen molar-refractivity contribution in [2.45, 2.75) is 18.8 Å². The molecule has 0 bridgehead atoms. The molecule has 5 rings (SSSR count). The van der Waals surface area contributed by atoms with Crippen LogP contribution in [0.5, 0.6) is 0 Å². The van der Waals surface area contributed by atoms with Gasteiger partial charge in [-0.3, -0.25) is 0 Å². The number of benzene rings is 1. The molecule has 1 saturated carbocycles. The van der Waals surface area contributed by atoms with E-state index in [0.29, 0.717) is 5.92 Å². The molecule has 1 aromatic carbocycles. The fourth-order valence-electron chi connectivity index (χ4n) is 2.92. The molecule has 0 amide bonds. The van der Waals surface area contributed by atoms with Gasteiger partial charge in [-0.2, -0.15) is 5.10 Å². The summed E-state index contributed by atoms with van der Waals surface area (Å²) < 4.78 is 1.93. The van der Waals surface area contributed by atoms with E-state index in [1.807, 2.05) is 34.2 Å². The van der Waals surface area contributed by atoms with Crippen LogP contribution in [0.4, 0.5) is 0 Å². The van der Waals surface area contributed by atoms with Crippen LogP contribution < -0.4 is 0 Å². The summed E-state index contributed by atoms with van der Waals surface area (Å²) in [7, 11) is 0. The summed E-state index contributed by atoms with van der Waals surface area (Å²) in [6, 6.07) is 9.90. The second kappa shape index (κ2) is 6.24. The van der Waals surface area contributed by atoms with Crippen LogP contribution in [-0.2, 0) is 0 Å². The van der Waals surface area contributed by atoms with E-state index in [1.165, 1.54) is 29.9 Å². The number of aromatic nitrogens is 4. The maximum Gasteiger partial charge on any atom is 0.171 e. The minimum Gasteiger partial charge on any atom is -0.236 e. The third-order valence-corrected chi connectivity index (χ3v) is 5.31. The Morgan fingerprint density at radius 2 is 2.00 bits per heavy atom. The maximum atomic E-state index is 6.03. The van der Waals surface area contributed by atoms with Gasteiger partial charge >= 0.3 is 0 Å². The van der Waals surface area contributed by atoms with E-state index < -0.39 is 0 Å². The van der Waals surface area contributed by atoms with Gasteiger partial charge in [-0.1, -0.05) is 29.7 Å². The van der Waals surface area contributed by atoms with Gasteiger partial charge in [-0.25, -0.2) is 14.5 Å². The molecule has 0 spiro atoms. The summed E-state index contributed by atoms with van der Waals surface area (Å²) in [5, 5.41) is 7.97. The third-order valence-electron chi connectivity index (χ3n) is 4.37. The Morgan fingerprint density at radius 3 is 2.73 bits per heavy atom. The average molecular weight is 377 g/mol. The zero-order chi connectivity index (χ0) is 17.5. The van der Waals surface area contributed by atoms with Crippen LogP contribution in [0.3, 0.4) is 0 Å². The summed E-state index contributed by atoms with van der Waals surface area (Å²) in [6.07, 6.45) is 5.94. The van der Waals surface area contributed by atoms with E-state index in [4.69, 9.17) is 16.6 Å². The Kier molecular flexibility index (Phi) is 3.74. The number of halogens is 1. The summed E-state index contributed by atoms with van der Waals surface area (Å²) in [5.41, 5.74) is 4.77. The van der Waals surface area contributed by atoms with Crippen LogP contribution in [0.1, 0.15) is 35.0 Å². The van der Waals surface area contributed by atoms with Crippen LogP contribution in [0, 0.1) is 11.8 Å². The quantitative estimate of drug-likeness (QED) is 0.473. The molecule has 0 aliphatic heterocycles. The number of rotatable bonds is 2. The van der Waals surface area contributed by atoms with Crippen LogP contribution in [0.2, 0.25) is 5.02 Å². The molecule has 0 N–H and O–H groups in total. The van der Waals surface area contributed by atoms with Crippen LogP contribution >= 0.6 is 22.9 Å². The van der Waals surface area contributed by atoms with E-state index in [9.17, 15) is 0 Å². The van der Waals surface area contributed by atoms with Gasteiger partial charge in [-0.05, 0) is 37.0 Å². The van der Waals surface area contributed by atoms with E-state index in [-0.39, 0.29) is 0 Å². The fourth-order valence-corrected chi connectivity index (χ4v) is 3.53. The molecule has 6 heteroatoms. The van der Waals surface area contributed by atoms with Crippen molar-refractivity contribution < 1.29 is 0 Å². The van der Waals surface area contributed by atoms with Gasteiger partial charge < -0.3 is 0 Å². The average Bonchev–Trinajstić information content (AvgIpc) is 3.21. The van der Waals surface area contributed by atoms with Gasteiger partial charge in [-0.15, -0.1) is 11.3 Å². The summed E-state index contributed by atoms with van der Waals surface area (Å²) >= 11 is 7.55. The lowest BCUT2D eigenvalue weighted by molar-refractivity contribution is 0.844. The van der Waals surface area contributed by atoms with Crippen molar-refractivity contribution in [2.24, 2.45) is 0 Å². The van der Waals surface area contributed by atoms with Crippen molar-refractivity contribution in [2.75, 3.05) is 0 Å². The normalized spacial score (nSPS) is 13.6. The fraction of sp³-hybridized carbons (Fsp3) is 0.150. The maximum absolute atomic E-state index is 6.03. The molecule has 0 atom stereocenters. The molecule has 1 aliphatic rings. The largest absolute Gasteiger partial charge is 0.236 e. The predicted octanol–water partition coefficient (Wildman–Crippen LogP) is 4.78. The lowest BCUT2D eigenvalue weighted by Crippen LogP contribution is -2.01. The third kappa shape index (κ3) is 2.88. The van der Waals surface area contributed by atoms with Crippen LogP contribution in [-0.4, -0.2) is 19.6 Å². The summed E-state index contributed by atoms with van der Waals surface area (Å²) in [6.45, 7) is 0. The van der Waals surface area contributed by atoms with Crippen molar-refractivity contribution >= 4 is 28.6 Å². The summed E-state index contributed by atoms with van der Waals surface area (Å²) in [4.78, 5) is 9.05. The van der Waals surface area contributed by atoms with Gasteiger partial charge in [0.2, 0.25) is 0 Å². The monoisotopic (exact) mass is 376 g/mol. The smallest absolute Gasteiger partial charge is 0.171 e. The minimum absolute atomic E-state index is 0.547. The molecule has 3 heterocycles. The Hall–Kier alpha value is -2.68. The highest BCUT2D eigenvalue weighted by Crippen LogP contribution is 2.41. The Morgan fingerprint density at radius 1 is 1.15 bits per heavy atom. The Labute approximate surface area is 159 Å². The molecule has 4 nitrogen and oxygen atoms in total. The van der Waals surface area contributed by atoms with Crippen molar-refractivity contribution in [3.63, 3.8) is 0 Å². The van der Waals surface area contributed by atoms with Gasteiger partial charge in [0.05, 0.1) is 17.5 Å². The molecule has 3 aromatic heterocycles. The number of hydrogen-bond acceptors (Lipinski definition) is 4. The Bertz CT molecular complexity index is 1150. The van der Waals surface area contributed by atoms with E-state index in [2.05, 4.69) is 28.0 Å². The van der Waals surface area contributed by atoms with Crippen molar-refractivity contribution in [3.05, 3.63) is 69.4 Å². The first-order valence-corrected chi connectivity index (χ1v) is 9.60. The molecule has 0 unspecified atom stereocenters. The molecular weight excluding hydrogens is 364 g/mol. The van der Waals surface area contributed by atoms with E-state index >= 15 is 0 Å². The van der Waals surface area contributed by atoms with Gasteiger partial charge in [0.1, 0.15) is 0 Å². The standard InChI is InChI=1S/C20H13ClN4S/c21-16-6-3-13(4-7-16)17-11-18(14-1-2-14)25-20(24-17)15(12-23-25)5-8-19-22-9-10-26-19/h3-4,6-7,9-12,14H,1-2H2. The lowest BCUT2D eigenvalue weighted by Gasteiger charge is -2.08. The lowest BCUT2D eigenvalue weighted by atomic mass is 10.1. The zero-order valence-corrected chi connectivity index (χ0v) is 15.3. The number of nitrogens with zero attached hydrogens (tertiary/aromatic N) is 4.